The Bertz CT molecular complexity index is 529. The normalized spacial score (nSPS) is 20.3. The molecule has 3 rings (SSSR count). The first kappa shape index (κ1) is 11.5. The smallest absolute Gasteiger partial charge is 0.117 e. The molecule has 4 heteroatoms. The van der Waals surface area contributed by atoms with Crippen LogP contribution in [0.2, 0.25) is 0 Å². The van der Waals surface area contributed by atoms with Crippen molar-refractivity contribution in [1.29, 1.82) is 0 Å². The fourth-order valence-corrected chi connectivity index (χ4v) is 2.65. The van der Waals surface area contributed by atoms with E-state index < -0.39 is 0 Å². The van der Waals surface area contributed by atoms with Crippen LogP contribution in [0.3, 0.4) is 0 Å². The second-order valence-electron chi connectivity index (χ2n) is 5.07. The molecule has 0 radical (unpaired) electrons. The maximum absolute atomic E-state index is 9.42. The van der Waals surface area contributed by atoms with Crippen molar-refractivity contribution in [1.82, 2.24) is 15.3 Å². The van der Waals surface area contributed by atoms with Gasteiger partial charge < -0.3 is 15.4 Å². The number of hydrogen-bond acceptors (Lipinski definition) is 3. The first-order chi connectivity index (χ1) is 8.81. The number of fused-ring (bicyclic) bond motifs is 1. The Balaban J connectivity index is 1.67. The van der Waals surface area contributed by atoms with Crippen LogP contribution in [0.25, 0.3) is 11.0 Å². The number of nitrogens with one attached hydrogen (secondary N) is 2. The van der Waals surface area contributed by atoms with Gasteiger partial charge in [0.15, 0.2) is 0 Å². The maximum Gasteiger partial charge on any atom is 0.117 e. The van der Waals surface area contributed by atoms with Crippen LogP contribution in [0.4, 0.5) is 0 Å². The van der Waals surface area contributed by atoms with Crippen molar-refractivity contribution in [2.75, 3.05) is 6.54 Å². The third-order valence-electron chi connectivity index (χ3n) is 3.66. The topological polar surface area (TPSA) is 60.9 Å². The van der Waals surface area contributed by atoms with E-state index in [9.17, 15) is 5.11 Å². The highest BCUT2D eigenvalue weighted by atomic mass is 16.3. The van der Waals surface area contributed by atoms with Gasteiger partial charge in [0, 0.05) is 18.5 Å². The minimum absolute atomic E-state index is 0.284. The van der Waals surface area contributed by atoms with Crippen LogP contribution in [0.15, 0.2) is 18.2 Å². The van der Waals surface area contributed by atoms with E-state index >= 15 is 0 Å². The minimum atomic E-state index is 0.284. The molecule has 1 saturated heterocycles. The average molecular weight is 245 g/mol. The van der Waals surface area contributed by atoms with Crippen LogP contribution in [-0.2, 0) is 6.42 Å². The maximum atomic E-state index is 9.42. The van der Waals surface area contributed by atoms with Crippen molar-refractivity contribution in [3.8, 4) is 5.75 Å². The van der Waals surface area contributed by atoms with Crippen LogP contribution < -0.4 is 5.32 Å². The number of aromatic nitrogens is 2. The number of rotatable bonds is 3. The summed E-state index contributed by atoms with van der Waals surface area (Å²) in [6.07, 6.45) is 6.02. The molecule has 0 amide bonds. The van der Waals surface area contributed by atoms with E-state index in [1.807, 2.05) is 6.07 Å². The largest absolute Gasteiger partial charge is 0.508 e. The molecule has 1 aromatic carbocycles. The van der Waals surface area contributed by atoms with Gasteiger partial charge in [-0.25, -0.2) is 4.98 Å². The molecule has 4 nitrogen and oxygen atoms in total. The van der Waals surface area contributed by atoms with Crippen molar-refractivity contribution >= 4 is 11.0 Å². The minimum Gasteiger partial charge on any atom is -0.508 e. The van der Waals surface area contributed by atoms with Crippen LogP contribution in [0, 0.1) is 0 Å². The number of aromatic amines is 1. The standard InChI is InChI=1S/C14H19N3O/c18-11-5-6-12-13(9-11)17-14(16-12)7-4-10-3-1-2-8-15-10/h5-6,9-10,15,18H,1-4,7-8H2,(H,16,17). The molecule has 2 heterocycles. The number of aromatic hydroxyl groups is 1. The number of phenolic OH excluding ortho intramolecular Hbond substituents is 1. The Kier molecular flexibility index (Phi) is 3.19. The molecule has 0 saturated carbocycles. The molecule has 96 valence electrons. The molecule has 1 aromatic heterocycles. The number of aryl methyl sites for hydroxylation is 1. The molecule has 2 aromatic rings. The summed E-state index contributed by atoms with van der Waals surface area (Å²) in [4.78, 5) is 7.82. The Morgan fingerprint density at radius 3 is 3.11 bits per heavy atom. The monoisotopic (exact) mass is 245 g/mol. The van der Waals surface area contributed by atoms with Crippen LogP contribution in [0.1, 0.15) is 31.5 Å². The molecular formula is C14H19N3O. The number of imidazole rings is 1. The lowest BCUT2D eigenvalue weighted by Crippen LogP contribution is -2.34. The van der Waals surface area contributed by atoms with Gasteiger partial charge in [-0.1, -0.05) is 6.42 Å². The first-order valence-corrected chi connectivity index (χ1v) is 6.72. The lowest BCUT2D eigenvalue weighted by molar-refractivity contribution is 0.381. The van der Waals surface area contributed by atoms with E-state index in [0.717, 1.165) is 36.2 Å². The second-order valence-corrected chi connectivity index (χ2v) is 5.07. The highest BCUT2D eigenvalue weighted by Gasteiger charge is 2.13. The molecule has 18 heavy (non-hydrogen) atoms. The molecule has 1 unspecified atom stereocenters. The molecule has 0 aliphatic carbocycles. The summed E-state index contributed by atoms with van der Waals surface area (Å²) in [5.74, 6) is 1.30. The Hall–Kier alpha value is -1.55. The van der Waals surface area contributed by atoms with Crippen LogP contribution in [0.5, 0.6) is 5.75 Å². The number of nitrogens with zero attached hydrogens (tertiary/aromatic N) is 1. The van der Waals surface area contributed by atoms with Crippen LogP contribution in [-0.4, -0.2) is 27.7 Å². The summed E-state index contributed by atoms with van der Waals surface area (Å²) >= 11 is 0. The van der Waals surface area contributed by atoms with Gasteiger partial charge in [0.05, 0.1) is 11.0 Å². The molecule has 0 spiro atoms. The van der Waals surface area contributed by atoms with E-state index in [-0.39, 0.29) is 5.75 Å². The quantitative estimate of drug-likeness (QED) is 0.778. The van der Waals surface area contributed by atoms with Gasteiger partial charge in [-0.15, -0.1) is 0 Å². The predicted octanol–water partition coefficient (Wildman–Crippen LogP) is 2.34. The van der Waals surface area contributed by atoms with Gasteiger partial charge in [-0.05, 0) is 37.9 Å². The van der Waals surface area contributed by atoms with Crippen molar-refractivity contribution < 1.29 is 5.11 Å². The van der Waals surface area contributed by atoms with Gasteiger partial charge in [0.2, 0.25) is 0 Å². The lowest BCUT2D eigenvalue weighted by Gasteiger charge is -2.22. The molecule has 3 N–H and O–H groups in total. The molecule has 0 bridgehead atoms. The highest BCUT2D eigenvalue weighted by Crippen LogP contribution is 2.19. The summed E-state index contributed by atoms with van der Waals surface area (Å²) in [5, 5.41) is 13.0. The van der Waals surface area contributed by atoms with E-state index in [2.05, 4.69) is 15.3 Å². The van der Waals surface area contributed by atoms with Crippen molar-refractivity contribution in [2.24, 2.45) is 0 Å². The summed E-state index contributed by atoms with van der Waals surface area (Å²) in [5.41, 5.74) is 1.85. The van der Waals surface area contributed by atoms with E-state index in [1.165, 1.54) is 19.3 Å². The van der Waals surface area contributed by atoms with Crippen molar-refractivity contribution in [3.05, 3.63) is 24.0 Å². The average Bonchev–Trinajstić information content (AvgIpc) is 2.79. The third kappa shape index (κ3) is 2.48. The van der Waals surface area contributed by atoms with Gasteiger partial charge in [0.25, 0.3) is 0 Å². The zero-order valence-corrected chi connectivity index (χ0v) is 10.4. The number of H-pyrrole nitrogens is 1. The SMILES string of the molecule is Oc1ccc2nc(CCC3CCCCN3)[nH]c2c1. The Morgan fingerprint density at radius 2 is 2.28 bits per heavy atom. The fourth-order valence-electron chi connectivity index (χ4n) is 2.65. The fraction of sp³-hybridized carbons (Fsp3) is 0.500. The van der Waals surface area contributed by atoms with Crippen molar-refractivity contribution in [2.45, 2.75) is 38.1 Å². The summed E-state index contributed by atoms with van der Waals surface area (Å²) in [6.45, 7) is 1.15. The zero-order valence-electron chi connectivity index (χ0n) is 10.4. The molecule has 1 atom stereocenters. The molecular weight excluding hydrogens is 226 g/mol. The molecule has 1 aliphatic rings. The Morgan fingerprint density at radius 1 is 1.33 bits per heavy atom. The highest BCUT2D eigenvalue weighted by molar-refractivity contribution is 5.76. The zero-order chi connectivity index (χ0) is 12.4. The van der Waals surface area contributed by atoms with Gasteiger partial charge >= 0.3 is 0 Å². The second kappa shape index (κ2) is 4.98. The summed E-state index contributed by atoms with van der Waals surface area (Å²) < 4.78 is 0. The van der Waals surface area contributed by atoms with Crippen molar-refractivity contribution in [3.63, 3.8) is 0 Å². The van der Waals surface area contributed by atoms with Gasteiger partial charge in [0.1, 0.15) is 11.6 Å². The molecule has 1 fully saturated rings. The third-order valence-corrected chi connectivity index (χ3v) is 3.66. The number of benzene rings is 1. The van der Waals surface area contributed by atoms with Gasteiger partial charge in [-0.3, -0.25) is 0 Å². The number of phenols is 1. The number of piperidine rings is 1. The predicted molar refractivity (Wildman–Crippen MR) is 71.7 cm³/mol. The van der Waals surface area contributed by atoms with E-state index in [4.69, 9.17) is 0 Å². The summed E-state index contributed by atoms with van der Waals surface area (Å²) in [7, 11) is 0. The first-order valence-electron chi connectivity index (χ1n) is 6.72. The van der Waals surface area contributed by atoms with Crippen LogP contribution >= 0.6 is 0 Å². The Labute approximate surface area is 106 Å². The lowest BCUT2D eigenvalue weighted by atomic mass is 10.0. The number of hydrogen-bond donors (Lipinski definition) is 3. The molecule has 1 aliphatic heterocycles. The summed E-state index contributed by atoms with van der Waals surface area (Å²) in [6, 6.07) is 5.89. The van der Waals surface area contributed by atoms with Gasteiger partial charge in [-0.2, -0.15) is 0 Å². The van der Waals surface area contributed by atoms with E-state index in [1.54, 1.807) is 12.1 Å². The van der Waals surface area contributed by atoms with E-state index in [0.29, 0.717) is 6.04 Å².